The predicted octanol–water partition coefficient (Wildman–Crippen LogP) is 4.32. The second-order valence-electron chi connectivity index (χ2n) is 4.42. The molecule has 0 bridgehead atoms. The normalized spacial score (nSPS) is 11.8. The van der Waals surface area contributed by atoms with Gasteiger partial charge in [0.2, 0.25) is 0 Å². The summed E-state index contributed by atoms with van der Waals surface area (Å²) >= 11 is 9.10. The minimum absolute atomic E-state index is 0.748. The van der Waals surface area contributed by atoms with Crippen molar-refractivity contribution in [2.45, 2.75) is 30.1 Å². The molecule has 5 heteroatoms. The average molecular weight is 300 g/mol. The first-order chi connectivity index (χ1) is 8.45. The summed E-state index contributed by atoms with van der Waals surface area (Å²) in [5.41, 5.74) is -0.805. The zero-order chi connectivity index (χ0) is 13.2. The highest BCUT2D eigenvalue weighted by Gasteiger charge is 2.19. The first kappa shape index (κ1) is 13.9. The molecule has 0 fully saturated rings. The summed E-state index contributed by atoms with van der Waals surface area (Å²) in [6, 6.07) is 7.76. The summed E-state index contributed by atoms with van der Waals surface area (Å²) < 4.78 is 0. The van der Waals surface area contributed by atoms with Crippen molar-refractivity contribution in [3.8, 4) is 0 Å². The highest BCUT2D eigenvalue weighted by molar-refractivity contribution is 7.98. The smallest absolute Gasteiger partial charge is 0.103 e. The molecule has 0 amide bonds. The van der Waals surface area contributed by atoms with E-state index in [1.54, 1.807) is 43.1 Å². The predicted molar refractivity (Wildman–Crippen MR) is 78.4 cm³/mol. The highest BCUT2D eigenvalue weighted by Crippen LogP contribution is 2.30. The Morgan fingerprint density at radius 2 is 2.00 bits per heavy atom. The standard InChI is InChI=1S/C13H14ClNOS2/c1-13(2,16)11-7-15-12(18-11)8-17-10-5-3-9(14)4-6-10/h3-7,16H,8H2,1-2H3. The molecule has 96 valence electrons. The van der Waals surface area contributed by atoms with E-state index in [0.717, 1.165) is 20.7 Å². The van der Waals surface area contributed by atoms with Crippen LogP contribution in [0.15, 0.2) is 35.4 Å². The third-order valence-electron chi connectivity index (χ3n) is 2.33. The molecule has 1 N–H and O–H groups in total. The lowest BCUT2D eigenvalue weighted by Gasteiger charge is -2.13. The lowest BCUT2D eigenvalue weighted by molar-refractivity contribution is 0.0823. The third-order valence-corrected chi connectivity index (χ3v) is 5.10. The molecule has 0 aliphatic rings. The minimum Gasteiger partial charge on any atom is -0.385 e. The van der Waals surface area contributed by atoms with Crippen LogP contribution in [-0.4, -0.2) is 10.1 Å². The molecule has 1 aromatic carbocycles. The molecule has 1 aromatic heterocycles. The van der Waals surface area contributed by atoms with Crippen LogP contribution < -0.4 is 0 Å². The Morgan fingerprint density at radius 1 is 1.33 bits per heavy atom. The van der Waals surface area contributed by atoms with Gasteiger partial charge < -0.3 is 5.11 Å². The van der Waals surface area contributed by atoms with Crippen molar-refractivity contribution in [3.63, 3.8) is 0 Å². The van der Waals surface area contributed by atoms with Gasteiger partial charge in [0.1, 0.15) is 5.01 Å². The van der Waals surface area contributed by atoms with E-state index in [2.05, 4.69) is 4.98 Å². The Morgan fingerprint density at radius 3 is 2.56 bits per heavy atom. The van der Waals surface area contributed by atoms with E-state index in [9.17, 15) is 5.11 Å². The van der Waals surface area contributed by atoms with Crippen LogP contribution in [0.4, 0.5) is 0 Å². The van der Waals surface area contributed by atoms with Crippen LogP contribution in [0.5, 0.6) is 0 Å². The summed E-state index contributed by atoms with van der Waals surface area (Å²) in [5.74, 6) is 0.808. The molecule has 0 spiro atoms. The van der Waals surface area contributed by atoms with Crippen molar-refractivity contribution >= 4 is 34.7 Å². The van der Waals surface area contributed by atoms with Gasteiger partial charge in [0.25, 0.3) is 0 Å². The van der Waals surface area contributed by atoms with Crippen molar-refractivity contribution in [2.75, 3.05) is 0 Å². The maximum atomic E-state index is 9.87. The van der Waals surface area contributed by atoms with Crippen LogP contribution in [0.25, 0.3) is 0 Å². The zero-order valence-electron chi connectivity index (χ0n) is 10.2. The van der Waals surface area contributed by atoms with Crippen LogP contribution in [0, 0.1) is 0 Å². The van der Waals surface area contributed by atoms with E-state index in [0.29, 0.717) is 0 Å². The first-order valence-corrected chi connectivity index (χ1v) is 7.69. The van der Waals surface area contributed by atoms with Crippen LogP contribution in [0.2, 0.25) is 5.02 Å². The third kappa shape index (κ3) is 3.72. The van der Waals surface area contributed by atoms with E-state index in [1.165, 1.54) is 4.90 Å². The number of hydrogen-bond donors (Lipinski definition) is 1. The lowest BCUT2D eigenvalue weighted by atomic mass is 10.1. The number of rotatable bonds is 4. The molecule has 0 saturated heterocycles. The summed E-state index contributed by atoms with van der Waals surface area (Å²) in [6.45, 7) is 3.55. The molecule has 0 atom stereocenters. The summed E-state index contributed by atoms with van der Waals surface area (Å²) in [6.07, 6.45) is 1.75. The molecule has 0 unspecified atom stereocenters. The van der Waals surface area contributed by atoms with Gasteiger partial charge in [-0.05, 0) is 38.1 Å². The monoisotopic (exact) mass is 299 g/mol. The van der Waals surface area contributed by atoms with E-state index >= 15 is 0 Å². The Labute approximate surface area is 120 Å². The Bertz CT molecular complexity index is 517. The molecule has 0 radical (unpaired) electrons. The van der Waals surface area contributed by atoms with Gasteiger partial charge in [0.15, 0.2) is 0 Å². The average Bonchev–Trinajstić information content (AvgIpc) is 2.77. The number of thioether (sulfide) groups is 1. The summed E-state index contributed by atoms with van der Waals surface area (Å²) in [5, 5.41) is 11.6. The number of halogens is 1. The molecule has 0 aliphatic heterocycles. The zero-order valence-corrected chi connectivity index (χ0v) is 12.6. The Balaban J connectivity index is 1.98. The SMILES string of the molecule is CC(C)(O)c1cnc(CSc2ccc(Cl)cc2)s1. The van der Waals surface area contributed by atoms with Crippen molar-refractivity contribution in [1.29, 1.82) is 0 Å². The molecule has 0 aliphatic carbocycles. The van der Waals surface area contributed by atoms with Gasteiger partial charge in [-0.15, -0.1) is 23.1 Å². The van der Waals surface area contributed by atoms with Gasteiger partial charge in [-0.3, -0.25) is 0 Å². The maximum absolute atomic E-state index is 9.87. The maximum Gasteiger partial charge on any atom is 0.103 e. The molecule has 2 aromatic rings. The van der Waals surface area contributed by atoms with Gasteiger partial charge in [0, 0.05) is 16.1 Å². The van der Waals surface area contributed by atoms with Crippen LogP contribution in [-0.2, 0) is 11.4 Å². The van der Waals surface area contributed by atoms with Crippen LogP contribution >= 0.6 is 34.7 Å². The first-order valence-electron chi connectivity index (χ1n) is 5.51. The molecule has 2 rings (SSSR count). The fraction of sp³-hybridized carbons (Fsp3) is 0.308. The minimum atomic E-state index is -0.805. The van der Waals surface area contributed by atoms with E-state index in [1.807, 2.05) is 24.3 Å². The Kier molecular flexibility index (Phi) is 4.33. The highest BCUT2D eigenvalue weighted by atomic mass is 35.5. The fourth-order valence-electron chi connectivity index (χ4n) is 1.34. The Hall–Kier alpha value is -0.550. The van der Waals surface area contributed by atoms with Gasteiger partial charge in [-0.2, -0.15) is 0 Å². The molecule has 2 nitrogen and oxygen atoms in total. The van der Waals surface area contributed by atoms with Crippen molar-refractivity contribution in [3.05, 3.63) is 45.4 Å². The molecular weight excluding hydrogens is 286 g/mol. The second kappa shape index (κ2) is 5.61. The number of nitrogens with zero attached hydrogens (tertiary/aromatic N) is 1. The molecule has 18 heavy (non-hydrogen) atoms. The van der Waals surface area contributed by atoms with Crippen molar-refractivity contribution < 1.29 is 5.11 Å². The second-order valence-corrected chi connectivity index (χ2v) is 7.02. The van der Waals surface area contributed by atoms with Gasteiger partial charge in [-0.1, -0.05) is 11.6 Å². The van der Waals surface area contributed by atoms with Crippen molar-refractivity contribution in [2.24, 2.45) is 0 Å². The van der Waals surface area contributed by atoms with E-state index < -0.39 is 5.60 Å². The van der Waals surface area contributed by atoms with Gasteiger partial charge >= 0.3 is 0 Å². The number of aliphatic hydroxyl groups is 1. The molecular formula is C13H14ClNOS2. The topological polar surface area (TPSA) is 33.1 Å². The number of thiazole rings is 1. The molecule has 1 heterocycles. The lowest BCUT2D eigenvalue weighted by Crippen LogP contribution is -2.12. The largest absolute Gasteiger partial charge is 0.385 e. The van der Waals surface area contributed by atoms with Crippen LogP contribution in [0.3, 0.4) is 0 Å². The van der Waals surface area contributed by atoms with Gasteiger partial charge in [0.05, 0.1) is 16.2 Å². The van der Waals surface area contributed by atoms with Crippen LogP contribution in [0.1, 0.15) is 23.7 Å². The van der Waals surface area contributed by atoms with Gasteiger partial charge in [-0.25, -0.2) is 4.98 Å². The number of benzene rings is 1. The summed E-state index contributed by atoms with van der Waals surface area (Å²) in [7, 11) is 0. The fourth-order valence-corrected chi connectivity index (χ4v) is 3.28. The molecule has 0 saturated carbocycles. The quantitative estimate of drug-likeness (QED) is 0.854. The summed E-state index contributed by atoms with van der Waals surface area (Å²) in [4.78, 5) is 6.39. The van der Waals surface area contributed by atoms with E-state index in [-0.39, 0.29) is 0 Å². The number of aromatic nitrogens is 1. The van der Waals surface area contributed by atoms with Crippen molar-refractivity contribution in [1.82, 2.24) is 4.98 Å². The number of hydrogen-bond acceptors (Lipinski definition) is 4. The van der Waals surface area contributed by atoms with E-state index in [4.69, 9.17) is 11.6 Å².